The number of carbonyl (C=O) groups is 1. The van der Waals surface area contributed by atoms with Gasteiger partial charge in [0.05, 0.1) is 12.0 Å². The minimum Gasteiger partial charge on any atom is -1.00 e. The Hall–Kier alpha value is -3.00. The van der Waals surface area contributed by atoms with Crippen LogP contribution in [0.3, 0.4) is 0 Å². The zero-order valence-corrected chi connectivity index (χ0v) is 15.6. The van der Waals surface area contributed by atoms with E-state index in [2.05, 4.69) is 0 Å². The number of ketones is 1. The van der Waals surface area contributed by atoms with Crippen LogP contribution in [0, 0.1) is 10.1 Å². The smallest absolute Gasteiger partial charge is 0.355 e. The van der Waals surface area contributed by atoms with Crippen molar-refractivity contribution in [1.29, 1.82) is 0 Å². The molecule has 2 N–H and O–H groups in total. The summed E-state index contributed by atoms with van der Waals surface area (Å²) in [5.74, 6) is 0.333. The Labute approximate surface area is 160 Å². The Bertz CT molecular complexity index is 954. The van der Waals surface area contributed by atoms with Crippen molar-refractivity contribution in [2.45, 2.75) is 6.54 Å². The van der Waals surface area contributed by atoms with Crippen LogP contribution in [0.5, 0.6) is 0 Å². The highest BCUT2D eigenvalue weighted by Gasteiger charge is 2.21. The van der Waals surface area contributed by atoms with Crippen LogP contribution < -0.4 is 27.3 Å². The van der Waals surface area contributed by atoms with Gasteiger partial charge >= 0.3 is 5.95 Å². The quantitative estimate of drug-likeness (QED) is 0.259. The first-order valence-corrected chi connectivity index (χ1v) is 7.65. The van der Waals surface area contributed by atoms with Crippen molar-refractivity contribution in [3.05, 3.63) is 76.5 Å². The second-order valence-electron chi connectivity index (χ2n) is 5.66. The molecular formula is C18H17BrN4O3. The van der Waals surface area contributed by atoms with Crippen LogP contribution in [0.4, 0.5) is 11.6 Å². The fourth-order valence-corrected chi connectivity index (χ4v) is 2.66. The van der Waals surface area contributed by atoms with Gasteiger partial charge in [0.15, 0.2) is 5.78 Å². The molecule has 26 heavy (non-hydrogen) atoms. The molecule has 1 aromatic heterocycles. The SMILES string of the molecule is Cn1c(-c2cccc([N+](=O)[O-])c2)c[n+](CC(=O)c2ccccc2)c1N.[Br-]. The fourth-order valence-electron chi connectivity index (χ4n) is 2.66. The number of anilines is 1. The molecule has 8 heteroatoms. The average molecular weight is 417 g/mol. The van der Waals surface area contributed by atoms with Gasteiger partial charge in [0.25, 0.3) is 5.69 Å². The molecule has 0 aliphatic carbocycles. The predicted molar refractivity (Wildman–Crippen MR) is 92.9 cm³/mol. The number of carbonyl (C=O) groups excluding carboxylic acids is 1. The summed E-state index contributed by atoms with van der Waals surface area (Å²) < 4.78 is 3.35. The van der Waals surface area contributed by atoms with Crippen LogP contribution in [-0.4, -0.2) is 15.3 Å². The number of nitro groups is 1. The van der Waals surface area contributed by atoms with E-state index in [9.17, 15) is 14.9 Å². The number of nitrogen functional groups attached to an aromatic ring is 1. The molecule has 0 amide bonds. The van der Waals surface area contributed by atoms with E-state index in [1.807, 2.05) is 6.07 Å². The molecule has 0 aliphatic rings. The zero-order valence-electron chi connectivity index (χ0n) is 14.0. The van der Waals surface area contributed by atoms with E-state index < -0.39 is 4.92 Å². The van der Waals surface area contributed by atoms with E-state index >= 15 is 0 Å². The van der Waals surface area contributed by atoms with Crippen LogP contribution in [-0.2, 0) is 13.6 Å². The summed E-state index contributed by atoms with van der Waals surface area (Å²) in [6, 6.07) is 15.3. The highest BCUT2D eigenvalue weighted by atomic mass is 79.9. The molecule has 7 nitrogen and oxygen atoms in total. The number of hydrogen-bond acceptors (Lipinski definition) is 4. The molecule has 2 aromatic carbocycles. The van der Waals surface area contributed by atoms with E-state index in [-0.39, 0.29) is 35.0 Å². The third kappa shape index (κ3) is 3.80. The molecule has 0 radical (unpaired) electrons. The number of benzene rings is 2. The maximum atomic E-state index is 12.4. The Morgan fingerprint density at radius 2 is 1.88 bits per heavy atom. The summed E-state index contributed by atoms with van der Waals surface area (Å²) in [6.07, 6.45) is 1.73. The van der Waals surface area contributed by atoms with Gasteiger partial charge in [-0.1, -0.05) is 42.5 Å². The topological polar surface area (TPSA) is 95.0 Å². The van der Waals surface area contributed by atoms with Crippen LogP contribution in [0.25, 0.3) is 11.3 Å². The van der Waals surface area contributed by atoms with Crippen LogP contribution in [0.15, 0.2) is 60.8 Å². The monoisotopic (exact) mass is 416 g/mol. The molecule has 0 saturated carbocycles. The molecule has 3 aromatic rings. The normalized spacial score (nSPS) is 10.2. The maximum Gasteiger partial charge on any atom is 0.355 e. The fraction of sp³-hybridized carbons (Fsp3) is 0.111. The van der Waals surface area contributed by atoms with E-state index in [1.165, 1.54) is 12.1 Å². The van der Waals surface area contributed by atoms with E-state index in [0.29, 0.717) is 22.8 Å². The lowest BCUT2D eigenvalue weighted by molar-refractivity contribution is -0.667. The van der Waals surface area contributed by atoms with Crippen LogP contribution in [0.1, 0.15) is 10.4 Å². The van der Waals surface area contributed by atoms with Crippen molar-refractivity contribution >= 4 is 17.4 Å². The second kappa shape index (κ2) is 7.92. The van der Waals surface area contributed by atoms with Crippen molar-refractivity contribution in [3.8, 4) is 11.3 Å². The Kier molecular flexibility index (Phi) is 5.89. The molecule has 1 heterocycles. The highest BCUT2D eigenvalue weighted by Crippen LogP contribution is 2.24. The van der Waals surface area contributed by atoms with Crippen molar-refractivity contribution in [2.24, 2.45) is 7.05 Å². The van der Waals surface area contributed by atoms with Gasteiger partial charge in [-0.3, -0.25) is 20.6 Å². The summed E-state index contributed by atoms with van der Waals surface area (Å²) in [5, 5.41) is 11.0. The molecule has 0 fully saturated rings. The molecule has 0 atom stereocenters. The van der Waals surface area contributed by atoms with Crippen molar-refractivity contribution < 1.29 is 31.3 Å². The number of aromatic nitrogens is 2. The number of nitro benzene ring substituents is 1. The second-order valence-corrected chi connectivity index (χ2v) is 5.66. The van der Waals surface area contributed by atoms with Gasteiger partial charge in [0.2, 0.25) is 0 Å². The van der Waals surface area contributed by atoms with Gasteiger partial charge < -0.3 is 17.0 Å². The standard InChI is InChI=1S/C18H16N4O3.BrH/c1-20-16(14-8-5-9-15(10-14)22(24)25)11-21(18(20)19)12-17(23)13-6-3-2-4-7-13;/h2-11,19H,12H2,1H3;1H. The lowest BCUT2D eigenvalue weighted by atomic mass is 10.1. The van der Waals surface area contributed by atoms with Crippen LogP contribution in [0.2, 0.25) is 0 Å². The van der Waals surface area contributed by atoms with Gasteiger partial charge in [0, 0.05) is 23.3 Å². The number of halogens is 1. The lowest BCUT2D eigenvalue weighted by Crippen LogP contribution is -3.00. The largest absolute Gasteiger partial charge is 1.00 e. The van der Waals surface area contributed by atoms with Crippen LogP contribution >= 0.6 is 0 Å². The third-order valence-electron chi connectivity index (χ3n) is 4.04. The molecule has 0 saturated heterocycles. The summed E-state index contributed by atoms with van der Waals surface area (Å²) in [6.45, 7) is 0.0958. The number of nitrogens with zero attached hydrogens (tertiary/aromatic N) is 3. The molecule has 0 bridgehead atoms. The number of rotatable bonds is 5. The predicted octanol–water partition coefficient (Wildman–Crippen LogP) is -0.643. The first-order valence-electron chi connectivity index (χ1n) is 7.65. The first-order chi connectivity index (χ1) is 12.0. The van der Waals surface area contributed by atoms with E-state index in [4.69, 9.17) is 5.73 Å². The lowest BCUT2D eigenvalue weighted by Gasteiger charge is -2.00. The highest BCUT2D eigenvalue weighted by molar-refractivity contribution is 5.95. The summed E-state index contributed by atoms with van der Waals surface area (Å²) in [5.41, 5.74) is 8.07. The molecule has 134 valence electrons. The number of Topliss-reactive ketones (excluding diaryl/α,β-unsaturated/α-hetero) is 1. The van der Waals surface area contributed by atoms with Crippen molar-refractivity contribution in [3.63, 3.8) is 0 Å². The minimum absolute atomic E-state index is 0. The van der Waals surface area contributed by atoms with Gasteiger partial charge in [-0.05, 0) is 0 Å². The minimum atomic E-state index is -0.442. The summed E-state index contributed by atoms with van der Waals surface area (Å²) >= 11 is 0. The molecule has 0 aliphatic heterocycles. The van der Waals surface area contributed by atoms with Crippen molar-refractivity contribution in [1.82, 2.24) is 4.57 Å². The Morgan fingerprint density at radius 3 is 2.54 bits per heavy atom. The first kappa shape index (κ1) is 19.3. The number of hydrogen-bond donors (Lipinski definition) is 1. The average Bonchev–Trinajstić information content (AvgIpc) is 2.91. The zero-order chi connectivity index (χ0) is 18.0. The summed E-state index contributed by atoms with van der Waals surface area (Å²) in [7, 11) is 1.76. The van der Waals surface area contributed by atoms with Gasteiger partial charge in [-0.2, -0.15) is 0 Å². The Morgan fingerprint density at radius 1 is 1.19 bits per heavy atom. The van der Waals surface area contributed by atoms with Crippen molar-refractivity contribution in [2.75, 3.05) is 5.73 Å². The maximum absolute atomic E-state index is 12.4. The van der Waals surface area contributed by atoms with E-state index in [0.717, 1.165) is 0 Å². The van der Waals surface area contributed by atoms with Gasteiger partial charge in [-0.25, -0.2) is 9.13 Å². The molecular weight excluding hydrogens is 400 g/mol. The van der Waals surface area contributed by atoms with E-state index in [1.54, 1.807) is 58.8 Å². The molecule has 0 spiro atoms. The molecule has 0 unspecified atom stereocenters. The number of imidazole rings is 1. The number of non-ortho nitro benzene ring substituents is 1. The van der Waals surface area contributed by atoms with Gasteiger partial charge in [0.1, 0.15) is 18.4 Å². The molecule has 3 rings (SSSR count). The number of nitrogens with two attached hydrogens (primary N) is 1. The summed E-state index contributed by atoms with van der Waals surface area (Å²) in [4.78, 5) is 22.9. The Balaban J connectivity index is 0.00000243. The third-order valence-corrected chi connectivity index (χ3v) is 4.04. The van der Waals surface area contributed by atoms with Gasteiger partial charge in [-0.15, -0.1) is 0 Å².